The first-order chi connectivity index (χ1) is 12.6. The molecule has 0 aliphatic heterocycles. The highest BCUT2D eigenvalue weighted by Gasteiger charge is 2.37. The molecule has 0 heterocycles. The van der Waals surface area contributed by atoms with E-state index in [-0.39, 0.29) is 0 Å². The molecule has 27 heavy (non-hydrogen) atoms. The first kappa shape index (κ1) is 24.6. The van der Waals surface area contributed by atoms with E-state index < -0.39 is 15.9 Å². The molecule has 1 aromatic rings. The van der Waals surface area contributed by atoms with Crippen LogP contribution in [0.4, 0.5) is 0 Å². The number of alkyl halides is 2. The second-order valence-electron chi connectivity index (χ2n) is 8.16. The maximum absolute atomic E-state index is 12.0. The zero-order chi connectivity index (χ0) is 20.3. The zero-order valence-electron chi connectivity index (χ0n) is 16.8. The van der Waals surface area contributed by atoms with Gasteiger partial charge in [-0.2, -0.15) is 0 Å². The van der Waals surface area contributed by atoms with E-state index in [1.807, 2.05) is 32.9 Å². The Morgan fingerprint density at radius 3 is 1.85 bits per heavy atom. The number of unbranched alkanes of at least 4 members (excludes halogenated alkanes) is 7. The molecule has 0 aliphatic rings. The average molecular weight is 436 g/mol. The van der Waals surface area contributed by atoms with Gasteiger partial charge in [0.2, 0.25) is 4.33 Å². The lowest BCUT2D eigenvalue weighted by Crippen LogP contribution is -2.35. The molecule has 0 fully saturated rings. The summed E-state index contributed by atoms with van der Waals surface area (Å²) in [6, 6.07) is 8.12. The Morgan fingerprint density at radius 2 is 1.33 bits per heavy atom. The number of aryl methyl sites for hydroxylation is 1. The first-order valence-corrected chi connectivity index (χ1v) is 11.1. The number of carbonyl (C=O) groups is 1. The highest BCUT2D eigenvalue weighted by atomic mass is 35.5. The molecular formula is C22H33Cl3O2. The lowest BCUT2D eigenvalue weighted by molar-refractivity contribution is -0.155. The van der Waals surface area contributed by atoms with Crippen LogP contribution in [0.3, 0.4) is 0 Å². The fourth-order valence-electron chi connectivity index (χ4n) is 2.84. The highest BCUT2D eigenvalue weighted by Crippen LogP contribution is 2.31. The summed E-state index contributed by atoms with van der Waals surface area (Å²) in [5, 5.41) is 0.797. The molecule has 2 nitrogen and oxygen atoms in total. The van der Waals surface area contributed by atoms with Crippen LogP contribution in [0.2, 0.25) is 5.02 Å². The lowest BCUT2D eigenvalue weighted by atomic mass is 10.0. The van der Waals surface area contributed by atoms with Gasteiger partial charge in [-0.25, -0.2) is 4.79 Å². The molecule has 0 aliphatic carbocycles. The summed E-state index contributed by atoms with van der Waals surface area (Å²) in [4.78, 5) is 12.0. The molecule has 0 bridgehead atoms. The summed E-state index contributed by atoms with van der Waals surface area (Å²) in [5.74, 6) is -0.543. The van der Waals surface area contributed by atoms with Crippen LogP contribution in [0.15, 0.2) is 24.3 Å². The fourth-order valence-corrected chi connectivity index (χ4v) is 3.31. The van der Waals surface area contributed by atoms with Crippen molar-refractivity contribution in [3.63, 3.8) is 0 Å². The molecule has 154 valence electrons. The topological polar surface area (TPSA) is 26.3 Å². The van der Waals surface area contributed by atoms with Gasteiger partial charge < -0.3 is 4.74 Å². The van der Waals surface area contributed by atoms with Crippen molar-refractivity contribution in [2.75, 3.05) is 0 Å². The molecule has 1 rings (SSSR count). The van der Waals surface area contributed by atoms with Gasteiger partial charge in [0.1, 0.15) is 5.60 Å². The van der Waals surface area contributed by atoms with Crippen molar-refractivity contribution in [3.8, 4) is 0 Å². The molecule has 0 atom stereocenters. The monoisotopic (exact) mass is 434 g/mol. The summed E-state index contributed by atoms with van der Waals surface area (Å²) in [7, 11) is 0. The van der Waals surface area contributed by atoms with E-state index in [0.29, 0.717) is 6.42 Å². The van der Waals surface area contributed by atoms with Crippen LogP contribution in [0.1, 0.15) is 84.1 Å². The van der Waals surface area contributed by atoms with E-state index >= 15 is 0 Å². The summed E-state index contributed by atoms with van der Waals surface area (Å²) in [5.41, 5.74) is 0.787. The molecule has 0 amide bonds. The predicted molar refractivity (Wildman–Crippen MR) is 117 cm³/mol. The molecule has 0 saturated carbocycles. The molecule has 0 N–H and O–H groups in total. The van der Waals surface area contributed by atoms with Crippen LogP contribution in [-0.2, 0) is 16.0 Å². The van der Waals surface area contributed by atoms with Crippen molar-refractivity contribution < 1.29 is 9.53 Å². The Kier molecular flexibility index (Phi) is 11.1. The van der Waals surface area contributed by atoms with Crippen molar-refractivity contribution in [3.05, 3.63) is 34.9 Å². The van der Waals surface area contributed by atoms with Crippen molar-refractivity contribution in [2.45, 2.75) is 94.9 Å². The van der Waals surface area contributed by atoms with Gasteiger partial charge in [0.05, 0.1) is 0 Å². The number of ether oxygens (including phenoxy) is 1. The van der Waals surface area contributed by atoms with Gasteiger partial charge in [-0.1, -0.05) is 85.5 Å². The van der Waals surface area contributed by atoms with Crippen molar-refractivity contribution in [1.82, 2.24) is 0 Å². The standard InChI is InChI=1S/C22H33Cl3O2/c1-21(2,3)27-20(26)22(24,25)17-11-9-7-5-4-6-8-10-12-18-13-15-19(23)16-14-18/h13-16H,4-12,17H2,1-3H3. The normalized spacial score (nSPS) is 12.2. The van der Waals surface area contributed by atoms with Gasteiger partial charge in [-0.15, -0.1) is 0 Å². The Bertz CT molecular complexity index is 548. The quantitative estimate of drug-likeness (QED) is 0.189. The minimum absolute atomic E-state index is 0.437. The molecular weight excluding hydrogens is 403 g/mol. The summed E-state index contributed by atoms with van der Waals surface area (Å²) >= 11 is 18.2. The largest absolute Gasteiger partial charge is 0.458 e. The lowest BCUT2D eigenvalue weighted by Gasteiger charge is -2.25. The SMILES string of the molecule is CC(C)(C)OC(=O)C(Cl)(Cl)CCCCCCCCCCc1ccc(Cl)cc1. The summed E-state index contributed by atoms with van der Waals surface area (Å²) in [6.07, 6.45) is 10.8. The molecule has 0 unspecified atom stereocenters. The molecule has 0 radical (unpaired) electrons. The number of hydrogen-bond acceptors (Lipinski definition) is 2. The Morgan fingerprint density at radius 1 is 0.852 bits per heavy atom. The molecule has 0 aromatic heterocycles. The van der Waals surface area contributed by atoms with Gasteiger partial charge in [-0.05, 0) is 64.2 Å². The van der Waals surface area contributed by atoms with Gasteiger partial charge in [0.15, 0.2) is 0 Å². The Hall–Kier alpha value is -0.440. The molecule has 5 heteroatoms. The Labute approximate surface area is 179 Å². The molecule has 0 spiro atoms. The second kappa shape index (κ2) is 12.2. The average Bonchev–Trinajstić information content (AvgIpc) is 2.56. The predicted octanol–water partition coefficient (Wildman–Crippen LogP) is 7.91. The fraction of sp³-hybridized carbons (Fsp3) is 0.682. The summed E-state index contributed by atoms with van der Waals surface area (Å²) < 4.78 is 3.83. The first-order valence-electron chi connectivity index (χ1n) is 9.96. The number of carbonyl (C=O) groups excluding carboxylic acids is 1. The third-order valence-corrected chi connectivity index (χ3v) is 5.26. The number of hydrogen-bond donors (Lipinski definition) is 0. The van der Waals surface area contributed by atoms with Gasteiger partial charge in [0.25, 0.3) is 0 Å². The van der Waals surface area contributed by atoms with Crippen molar-refractivity contribution in [1.29, 1.82) is 0 Å². The van der Waals surface area contributed by atoms with Crippen LogP contribution in [0.5, 0.6) is 0 Å². The van der Waals surface area contributed by atoms with E-state index in [0.717, 1.165) is 30.7 Å². The van der Waals surface area contributed by atoms with Crippen LogP contribution in [-0.4, -0.2) is 15.9 Å². The number of rotatable bonds is 12. The third kappa shape index (κ3) is 11.9. The van der Waals surface area contributed by atoms with Crippen molar-refractivity contribution in [2.24, 2.45) is 0 Å². The number of benzene rings is 1. The zero-order valence-corrected chi connectivity index (χ0v) is 19.1. The van der Waals surface area contributed by atoms with Crippen molar-refractivity contribution >= 4 is 40.8 Å². The maximum Gasteiger partial charge on any atom is 0.343 e. The third-order valence-electron chi connectivity index (χ3n) is 4.32. The van der Waals surface area contributed by atoms with E-state index in [2.05, 4.69) is 12.1 Å². The van der Waals surface area contributed by atoms with Crippen LogP contribution in [0, 0.1) is 0 Å². The minimum Gasteiger partial charge on any atom is -0.458 e. The highest BCUT2D eigenvalue weighted by molar-refractivity contribution is 6.57. The summed E-state index contributed by atoms with van der Waals surface area (Å²) in [6.45, 7) is 5.43. The van der Waals surface area contributed by atoms with E-state index in [1.165, 1.54) is 37.7 Å². The second-order valence-corrected chi connectivity index (χ2v) is 10.1. The van der Waals surface area contributed by atoms with Crippen LogP contribution >= 0.6 is 34.8 Å². The minimum atomic E-state index is -1.44. The van der Waals surface area contributed by atoms with Crippen LogP contribution in [0.25, 0.3) is 0 Å². The van der Waals surface area contributed by atoms with E-state index in [1.54, 1.807) is 0 Å². The van der Waals surface area contributed by atoms with Gasteiger partial charge in [0, 0.05) is 5.02 Å². The maximum atomic E-state index is 12.0. The van der Waals surface area contributed by atoms with E-state index in [9.17, 15) is 4.79 Å². The van der Waals surface area contributed by atoms with E-state index in [4.69, 9.17) is 39.5 Å². The number of halogens is 3. The Balaban J connectivity index is 2.00. The van der Waals surface area contributed by atoms with Crippen LogP contribution < -0.4 is 0 Å². The number of esters is 1. The van der Waals surface area contributed by atoms with Gasteiger partial charge >= 0.3 is 5.97 Å². The smallest absolute Gasteiger partial charge is 0.343 e. The molecule has 0 saturated heterocycles. The van der Waals surface area contributed by atoms with Gasteiger partial charge in [-0.3, -0.25) is 0 Å². The molecule has 1 aromatic carbocycles.